The fraction of sp³-hybridized carbons (Fsp3) is 0.263. The highest BCUT2D eigenvalue weighted by atomic mass is 35.5. The first-order chi connectivity index (χ1) is 12.5. The molecule has 26 heavy (non-hydrogen) atoms. The first-order valence-electron chi connectivity index (χ1n) is 8.00. The zero-order chi connectivity index (χ0) is 19.1. The summed E-state index contributed by atoms with van der Waals surface area (Å²) in [7, 11) is 2.92. The molecule has 7 heteroatoms. The van der Waals surface area contributed by atoms with Gasteiger partial charge in [0.1, 0.15) is 0 Å². The zero-order valence-corrected chi connectivity index (χ0v) is 15.6. The molecule has 2 aromatic rings. The predicted molar refractivity (Wildman–Crippen MR) is 99.5 cm³/mol. The van der Waals surface area contributed by atoms with Crippen LogP contribution in [0.1, 0.15) is 34.1 Å². The Labute approximate surface area is 157 Å². The van der Waals surface area contributed by atoms with Gasteiger partial charge in [0, 0.05) is 12.1 Å². The van der Waals surface area contributed by atoms with Gasteiger partial charge in [-0.15, -0.1) is 0 Å². The number of hydrogen-bond donors (Lipinski definition) is 1. The molecule has 2 aromatic carbocycles. The molecule has 0 heterocycles. The van der Waals surface area contributed by atoms with E-state index in [1.807, 2.05) is 6.92 Å². The van der Waals surface area contributed by atoms with Crippen LogP contribution in [-0.2, 0) is 4.74 Å². The van der Waals surface area contributed by atoms with E-state index in [0.29, 0.717) is 22.9 Å². The number of esters is 1. The molecular weight excluding hydrogens is 358 g/mol. The van der Waals surface area contributed by atoms with Crippen molar-refractivity contribution in [3.05, 3.63) is 52.5 Å². The average molecular weight is 378 g/mol. The third-order valence-corrected chi connectivity index (χ3v) is 3.88. The number of anilines is 1. The molecule has 0 radical (unpaired) electrons. The molecule has 0 spiro atoms. The summed E-state index contributed by atoms with van der Waals surface area (Å²) in [5.41, 5.74) is 0.696. The number of hydrogen-bond acceptors (Lipinski definition) is 5. The Balaban J connectivity index is 2.42. The molecule has 2 rings (SSSR count). The van der Waals surface area contributed by atoms with Crippen molar-refractivity contribution in [2.45, 2.75) is 13.3 Å². The summed E-state index contributed by atoms with van der Waals surface area (Å²) in [4.78, 5) is 24.9. The van der Waals surface area contributed by atoms with Crippen LogP contribution in [0.3, 0.4) is 0 Å². The van der Waals surface area contributed by atoms with E-state index < -0.39 is 11.9 Å². The van der Waals surface area contributed by atoms with Gasteiger partial charge in [-0.2, -0.15) is 0 Å². The van der Waals surface area contributed by atoms with Gasteiger partial charge in [-0.3, -0.25) is 4.79 Å². The predicted octanol–water partition coefficient (Wildman–Crippen LogP) is 4.18. The average Bonchev–Trinajstić information content (AvgIpc) is 2.65. The third kappa shape index (κ3) is 4.46. The minimum Gasteiger partial charge on any atom is -0.493 e. The van der Waals surface area contributed by atoms with Crippen molar-refractivity contribution < 1.29 is 23.8 Å². The summed E-state index contributed by atoms with van der Waals surface area (Å²) in [5, 5.41) is 3.00. The van der Waals surface area contributed by atoms with E-state index in [9.17, 15) is 9.59 Å². The number of nitrogens with one attached hydrogen (secondary N) is 1. The Kier molecular flexibility index (Phi) is 6.86. The summed E-state index contributed by atoms with van der Waals surface area (Å²) >= 11 is 6.07. The maximum absolute atomic E-state index is 12.6. The molecule has 138 valence electrons. The second-order valence-electron chi connectivity index (χ2n) is 5.32. The van der Waals surface area contributed by atoms with Crippen molar-refractivity contribution >= 4 is 29.2 Å². The lowest BCUT2D eigenvalue weighted by molar-refractivity contribution is 0.0506. The molecular formula is C19H20ClNO5. The molecule has 0 bridgehead atoms. The van der Waals surface area contributed by atoms with Gasteiger partial charge in [-0.05, 0) is 18.6 Å². The number of amides is 1. The van der Waals surface area contributed by atoms with Crippen LogP contribution >= 0.6 is 11.6 Å². The van der Waals surface area contributed by atoms with E-state index in [1.54, 1.807) is 24.3 Å². The normalized spacial score (nSPS) is 10.2. The zero-order valence-electron chi connectivity index (χ0n) is 14.8. The van der Waals surface area contributed by atoms with Gasteiger partial charge in [0.2, 0.25) is 0 Å². The molecule has 0 aliphatic heterocycles. The van der Waals surface area contributed by atoms with Crippen LogP contribution in [0.25, 0.3) is 0 Å². The summed E-state index contributed by atoms with van der Waals surface area (Å²) in [6.07, 6.45) is 0.681. The second-order valence-corrected chi connectivity index (χ2v) is 5.73. The fourth-order valence-corrected chi connectivity index (χ4v) is 2.48. The van der Waals surface area contributed by atoms with Crippen LogP contribution in [-0.4, -0.2) is 32.7 Å². The summed E-state index contributed by atoms with van der Waals surface area (Å²) in [6, 6.07) is 9.61. The first-order valence-corrected chi connectivity index (χ1v) is 8.38. The highest BCUT2D eigenvalue weighted by Gasteiger charge is 2.20. The highest BCUT2D eigenvalue weighted by Crippen LogP contribution is 2.34. The molecule has 1 N–H and O–H groups in total. The molecule has 0 saturated heterocycles. The number of ether oxygens (including phenoxy) is 3. The smallest absolute Gasteiger partial charge is 0.340 e. The first kappa shape index (κ1) is 19.6. The molecule has 6 nitrogen and oxygen atoms in total. The van der Waals surface area contributed by atoms with Crippen LogP contribution in [0.4, 0.5) is 5.69 Å². The van der Waals surface area contributed by atoms with Gasteiger partial charge in [0.05, 0.1) is 42.7 Å². The Morgan fingerprint density at radius 3 is 2.31 bits per heavy atom. The van der Waals surface area contributed by atoms with Gasteiger partial charge in [-0.25, -0.2) is 4.79 Å². The lowest BCUT2D eigenvalue weighted by Crippen LogP contribution is -2.17. The number of carbonyl (C=O) groups excluding carboxylic acids is 2. The van der Waals surface area contributed by atoms with Crippen molar-refractivity contribution in [3.8, 4) is 11.5 Å². The molecule has 0 fully saturated rings. The van der Waals surface area contributed by atoms with Crippen molar-refractivity contribution in [2.75, 3.05) is 26.1 Å². The largest absolute Gasteiger partial charge is 0.493 e. The molecule has 1 amide bonds. The highest BCUT2D eigenvalue weighted by molar-refractivity contribution is 6.34. The lowest BCUT2D eigenvalue weighted by atomic mass is 10.1. The third-order valence-electron chi connectivity index (χ3n) is 3.55. The number of carbonyl (C=O) groups is 2. The SMILES string of the molecule is CCCOC(=O)c1cc(OC)c(OC)cc1NC(=O)c1ccccc1Cl. The monoisotopic (exact) mass is 377 g/mol. The topological polar surface area (TPSA) is 73.9 Å². The Morgan fingerprint density at radius 1 is 1.04 bits per heavy atom. The Hall–Kier alpha value is -2.73. The second kappa shape index (κ2) is 9.10. The van der Waals surface area contributed by atoms with Gasteiger partial charge < -0.3 is 19.5 Å². The Morgan fingerprint density at radius 2 is 1.69 bits per heavy atom. The number of rotatable bonds is 7. The van der Waals surface area contributed by atoms with E-state index in [2.05, 4.69) is 5.32 Å². The number of benzene rings is 2. The lowest BCUT2D eigenvalue weighted by Gasteiger charge is -2.15. The van der Waals surface area contributed by atoms with Crippen molar-refractivity contribution in [2.24, 2.45) is 0 Å². The summed E-state index contributed by atoms with van der Waals surface area (Å²) in [6.45, 7) is 2.16. The molecule has 0 saturated carbocycles. The van der Waals surface area contributed by atoms with Gasteiger partial charge in [-0.1, -0.05) is 30.7 Å². The minimum atomic E-state index is -0.567. The molecule has 0 aliphatic rings. The van der Waals surface area contributed by atoms with Crippen LogP contribution < -0.4 is 14.8 Å². The van der Waals surface area contributed by atoms with Crippen LogP contribution in [0.2, 0.25) is 5.02 Å². The van der Waals surface area contributed by atoms with Crippen molar-refractivity contribution in [3.63, 3.8) is 0 Å². The summed E-state index contributed by atoms with van der Waals surface area (Å²) < 4.78 is 15.7. The molecule has 0 aromatic heterocycles. The van der Waals surface area contributed by atoms with E-state index in [-0.39, 0.29) is 23.4 Å². The van der Waals surface area contributed by atoms with Crippen molar-refractivity contribution in [1.82, 2.24) is 0 Å². The van der Waals surface area contributed by atoms with Crippen LogP contribution in [0.15, 0.2) is 36.4 Å². The molecule has 0 unspecified atom stereocenters. The van der Waals surface area contributed by atoms with E-state index in [4.69, 9.17) is 25.8 Å². The maximum Gasteiger partial charge on any atom is 0.340 e. The van der Waals surface area contributed by atoms with Crippen LogP contribution in [0.5, 0.6) is 11.5 Å². The van der Waals surface area contributed by atoms with Gasteiger partial charge in [0.15, 0.2) is 11.5 Å². The summed E-state index contributed by atoms with van der Waals surface area (Å²) in [5.74, 6) is -0.296. The van der Waals surface area contributed by atoms with Gasteiger partial charge >= 0.3 is 5.97 Å². The van der Waals surface area contributed by atoms with E-state index >= 15 is 0 Å². The minimum absolute atomic E-state index is 0.163. The van der Waals surface area contributed by atoms with Crippen molar-refractivity contribution in [1.29, 1.82) is 0 Å². The maximum atomic E-state index is 12.6. The van der Waals surface area contributed by atoms with Crippen LogP contribution in [0, 0.1) is 0 Å². The number of halogens is 1. The Bertz CT molecular complexity index is 807. The van der Waals surface area contributed by atoms with Gasteiger partial charge in [0.25, 0.3) is 5.91 Å². The molecule has 0 atom stereocenters. The van der Waals surface area contributed by atoms with E-state index in [0.717, 1.165) is 0 Å². The number of methoxy groups -OCH3 is 2. The van der Waals surface area contributed by atoms with E-state index in [1.165, 1.54) is 26.4 Å². The fourth-order valence-electron chi connectivity index (χ4n) is 2.26. The quantitative estimate of drug-likeness (QED) is 0.733. The standard InChI is InChI=1S/C19H20ClNO5/c1-4-9-26-19(23)13-10-16(24-2)17(25-3)11-15(13)21-18(22)12-7-5-6-8-14(12)20/h5-8,10-11H,4,9H2,1-3H3,(H,21,22). The molecule has 0 aliphatic carbocycles.